The van der Waals surface area contributed by atoms with Gasteiger partial charge in [-0.1, -0.05) is 32.0 Å². The van der Waals surface area contributed by atoms with Gasteiger partial charge in [0.1, 0.15) is 5.82 Å². The van der Waals surface area contributed by atoms with Crippen LogP contribution in [0.4, 0.5) is 0 Å². The summed E-state index contributed by atoms with van der Waals surface area (Å²) in [7, 11) is 0. The molecule has 1 fully saturated rings. The molecule has 2 heterocycles. The van der Waals surface area contributed by atoms with Gasteiger partial charge >= 0.3 is 0 Å². The molecule has 1 saturated heterocycles. The van der Waals surface area contributed by atoms with Crippen molar-refractivity contribution < 1.29 is 9.59 Å². The number of carbonyl (C=O) groups is 2. The molecular formula is C20H26N4O2. The van der Waals surface area contributed by atoms with Gasteiger partial charge < -0.3 is 14.8 Å². The number of hydrogen-bond acceptors (Lipinski definition) is 3. The molecule has 1 N–H and O–H groups in total. The molecule has 2 aromatic rings. The molecule has 0 saturated carbocycles. The van der Waals surface area contributed by atoms with Crippen molar-refractivity contribution in [2.24, 2.45) is 11.8 Å². The molecule has 0 spiro atoms. The number of benzene rings is 1. The lowest BCUT2D eigenvalue weighted by atomic mass is 10.1. The van der Waals surface area contributed by atoms with Gasteiger partial charge in [-0.05, 0) is 24.5 Å². The lowest BCUT2D eigenvalue weighted by Gasteiger charge is -2.19. The average Bonchev–Trinajstić information content (AvgIpc) is 3.18. The van der Waals surface area contributed by atoms with Gasteiger partial charge in [0.25, 0.3) is 0 Å². The van der Waals surface area contributed by atoms with Crippen LogP contribution in [0.1, 0.15) is 31.7 Å². The Bertz CT molecular complexity index is 797. The van der Waals surface area contributed by atoms with Gasteiger partial charge in [0.05, 0.1) is 11.6 Å². The van der Waals surface area contributed by atoms with Crippen LogP contribution in [-0.2, 0) is 16.1 Å². The zero-order chi connectivity index (χ0) is 18.7. The van der Waals surface area contributed by atoms with Crippen molar-refractivity contribution in [3.63, 3.8) is 0 Å². The van der Waals surface area contributed by atoms with E-state index in [2.05, 4.69) is 24.1 Å². The predicted molar refractivity (Wildman–Crippen MR) is 99.7 cm³/mol. The molecule has 1 aliphatic heterocycles. The Kier molecular flexibility index (Phi) is 5.40. The van der Waals surface area contributed by atoms with Gasteiger partial charge in [-0.25, -0.2) is 4.98 Å². The molecule has 2 amide bonds. The van der Waals surface area contributed by atoms with E-state index >= 15 is 0 Å². The fourth-order valence-electron chi connectivity index (χ4n) is 3.42. The average molecular weight is 354 g/mol. The number of nitrogens with zero attached hydrogens (tertiary/aromatic N) is 3. The van der Waals surface area contributed by atoms with Crippen LogP contribution in [-0.4, -0.2) is 39.4 Å². The van der Waals surface area contributed by atoms with E-state index in [-0.39, 0.29) is 17.7 Å². The van der Waals surface area contributed by atoms with Crippen molar-refractivity contribution in [2.45, 2.75) is 33.7 Å². The van der Waals surface area contributed by atoms with Crippen LogP contribution in [0.2, 0.25) is 0 Å². The largest absolute Gasteiger partial charge is 0.352 e. The Morgan fingerprint density at radius 2 is 2.12 bits per heavy atom. The first-order chi connectivity index (χ1) is 12.5. The standard InChI is InChI=1S/C20H26N4O2/c1-14(2)12-23-13-17(10-19(23)25)20(26)22-11-16-6-4-5-7-18(16)24-9-8-21-15(24)3/h4-9,14,17H,10-13H2,1-3H3,(H,22,26). The summed E-state index contributed by atoms with van der Waals surface area (Å²) >= 11 is 0. The van der Waals surface area contributed by atoms with Crippen LogP contribution in [0.3, 0.4) is 0 Å². The van der Waals surface area contributed by atoms with Gasteiger partial charge in [-0.3, -0.25) is 9.59 Å². The van der Waals surface area contributed by atoms with Gasteiger partial charge in [-0.2, -0.15) is 0 Å². The highest BCUT2D eigenvalue weighted by molar-refractivity contribution is 5.89. The van der Waals surface area contributed by atoms with Crippen LogP contribution >= 0.6 is 0 Å². The quantitative estimate of drug-likeness (QED) is 0.865. The summed E-state index contributed by atoms with van der Waals surface area (Å²) in [5, 5.41) is 3.01. The van der Waals surface area contributed by atoms with Crippen molar-refractivity contribution in [2.75, 3.05) is 13.1 Å². The molecule has 0 aliphatic carbocycles. The topological polar surface area (TPSA) is 67.2 Å². The second-order valence-corrected chi connectivity index (χ2v) is 7.28. The molecule has 1 unspecified atom stereocenters. The molecule has 1 aromatic heterocycles. The van der Waals surface area contributed by atoms with Crippen molar-refractivity contribution >= 4 is 11.8 Å². The highest BCUT2D eigenvalue weighted by Crippen LogP contribution is 2.20. The minimum absolute atomic E-state index is 0.0539. The summed E-state index contributed by atoms with van der Waals surface area (Å²) in [6.45, 7) is 7.77. The number of rotatable bonds is 6. The Morgan fingerprint density at radius 3 is 2.81 bits per heavy atom. The molecule has 6 nitrogen and oxygen atoms in total. The molecule has 0 bridgehead atoms. The van der Waals surface area contributed by atoms with Gasteiger partial charge in [0, 0.05) is 38.4 Å². The molecule has 0 radical (unpaired) electrons. The Hall–Kier alpha value is -2.63. The summed E-state index contributed by atoms with van der Waals surface area (Å²) in [6, 6.07) is 7.94. The molecular weight excluding hydrogens is 328 g/mol. The number of aromatic nitrogens is 2. The second-order valence-electron chi connectivity index (χ2n) is 7.28. The lowest BCUT2D eigenvalue weighted by Crippen LogP contribution is -2.34. The normalized spacial score (nSPS) is 17.2. The third-order valence-electron chi connectivity index (χ3n) is 4.70. The molecule has 6 heteroatoms. The maximum atomic E-state index is 12.6. The van der Waals surface area contributed by atoms with Gasteiger partial charge in [0.15, 0.2) is 0 Å². The summed E-state index contributed by atoms with van der Waals surface area (Å²) in [4.78, 5) is 30.7. The van der Waals surface area contributed by atoms with Crippen LogP contribution in [0.5, 0.6) is 0 Å². The smallest absolute Gasteiger partial charge is 0.225 e. The van der Waals surface area contributed by atoms with Crippen LogP contribution in [0.25, 0.3) is 5.69 Å². The number of carbonyl (C=O) groups excluding carboxylic acids is 2. The number of para-hydroxylation sites is 1. The first-order valence-electron chi connectivity index (χ1n) is 9.09. The number of hydrogen-bond donors (Lipinski definition) is 1. The lowest BCUT2D eigenvalue weighted by molar-refractivity contribution is -0.129. The van der Waals surface area contributed by atoms with E-state index in [0.29, 0.717) is 32.0 Å². The third-order valence-corrected chi connectivity index (χ3v) is 4.70. The first-order valence-corrected chi connectivity index (χ1v) is 9.09. The number of aryl methyl sites for hydroxylation is 1. The minimum atomic E-state index is -0.261. The third kappa shape index (κ3) is 3.95. The molecule has 1 aliphatic rings. The molecule has 1 aromatic carbocycles. The van der Waals surface area contributed by atoms with E-state index in [1.807, 2.05) is 42.0 Å². The van der Waals surface area contributed by atoms with E-state index < -0.39 is 0 Å². The zero-order valence-corrected chi connectivity index (χ0v) is 15.6. The minimum Gasteiger partial charge on any atom is -0.352 e. The number of amides is 2. The monoisotopic (exact) mass is 354 g/mol. The van der Waals surface area contributed by atoms with E-state index in [1.165, 1.54) is 0 Å². The number of nitrogens with one attached hydrogen (secondary N) is 1. The molecule has 1 atom stereocenters. The van der Waals surface area contributed by atoms with Crippen LogP contribution in [0.15, 0.2) is 36.7 Å². The summed E-state index contributed by atoms with van der Waals surface area (Å²) in [5.41, 5.74) is 2.03. The molecule has 26 heavy (non-hydrogen) atoms. The van der Waals surface area contributed by atoms with Crippen molar-refractivity contribution in [1.29, 1.82) is 0 Å². The highest BCUT2D eigenvalue weighted by Gasteiger charge is 2.34. The number of likely N-dealkylation sites (tertiary alicyclic amines) is 1. The van der Waals surface area contributed by atoms with Gasteiger partial charge in [0.2, 0.25) is 11.8 Å². The summed E-state index contributed by atoms with van der Waals surface area (Å²) < 4.78 is 2.00. The highest BCUT2D eigenvalue weighted by atomic mass is 16.2. The number of imidazole rings is 1. The summed E-state index contributed by atoms with van der Waals surface area (Å²) in [5.74, 6) is 1.07. The Morgan fingerprint density at radius 1 is 1.35 bits per heavy atom. The maximum absolute atomic E-state index is 12.6. The predicted octanol–water partition coefficient (Wildman–Crippen LogP) is 2.30. The SMILES string of the molecule is Cc1nccn1-c1ccccc1CNC(=O)C1CC(=O)N(CC(C)C)C1. The van der Waals surface area contributed by atoms with E-state index in [9.17, 15) is 9.59 Å². The Labute approximate surface area is 154 Å². The fraction of sp³-hybridized carbons (Fsp3) is 0.450. The van der Waals surface area contributed by atoms with Crippen molar-refractivity contribution in [3.8, 4) is 5.69 Å². The van der Waals surface area contributed by atoms with E-state index in [1.54, 1.807) is 11.1 Å². The molecule has 3 rings (SSSR count). The van der Waals surface area contributed by atoms with E-state index in [4.69, 9.17) is 0 Å². The second kappa shape index (κ2) is 7.72. The fourth-order valence-corrected chi connectivity index (χ4v) is 3.42. The van der Waals surface area contributed by atoms with Crippen LogP contribution < -0.4 is 5.32 Å². The Balaban J connectivity index is 1.64. The van der Waals surface area contributed by atoms with Crippen molar-refractivity contribution in [1.82, 2.24) is 19.8 Å². The summed E-state index contributed by atoms with van der Waals surface area (Å²) in [6.07, 6.45) is 3.98. The maximum Gasteiger partial charge on any atom is 0.225 e. The van der Waals surface area contributed by atoms with Gasteiger partial charge in [-0.15, -0.1) is 0 Å². The van der Waals surface area contributed by atoms with Crippen LogP contribution in [0, 0.1) is 18.8 Å². The molecule has 138 valence electrons. The van der Waals surface area contributed by atoms with E-state index in [0.717, 1.165) is 17.1 Å². The van der Waals surface area contributed by atoms with Crippen molar-refractivity contribution in [3.05, 3.63) is 48.0 Å². The zero-order valence-electron chi connectivity index (χ0n) is 15.6. The first kappa shape index (κ1) is 18.2.